The number of hydrogen-bond acceptors (Lipinski definition) is 4. The maximum absolute atomic E-state index is 11.5. The molecule has 0 bridgehead atoms. The predicted octanol–water partition coefficient (Wildman–Crippen LogP) is 3.20. The highest BCUT2D eigenvalue weighted by atomic mass is 32.2. The molecule has 138 valence electrons. The van der Waals surface area contributed by atoms with E-state index in [2.05, 4.69) is 16.5 Å². The average molecular weight is 381 g/mol. The van der Waals surface area contributed by atoms with Crippen molar-refractivity contribution in [2.75, 3.05) is 7.11 Å². The van der Waals surface area contributed by atoms with Gasteiger partial charge in [-0.15, -0.1) is 0 Å². The minimum Gasteiger partial charge on any atom is -0.497 e. The van der Waals surface area contributed by atoms with Gasteiger partial charge in [0.25, 0.3) is 0 Å². The van der Waals surface area contributed by atoms with Crippen LogP contribution in [0.25, 0.3) is 21.8 Å². The van der Waals surface area contributed by atoms with Crippen LogP contribution in [0.4, 0.5) is 0 Å². The first-order valence-corrected chi connectivity index (χ1v) is 9.95. The zero-order chi connectivity index (χ0) is 19.2. The first-order chi connectivity index (χ1) is 12.9. The van der Waals surface area contributed by atoms with E-state index in [0.717, 1.165) is 38.7 Å². The van der Waals surface area contributed by atoms with Crippen LogP contribution in [0.5, 0.6) is 5.75 Å². The Balaban J connectivity index is 1.90. The van der Waals surface area contributed by atoms with E-state index in [0.29, 0.717) is 6.54 Å². The van der Waals surface area contributed by atoms with Gasteiger partial charge in [-0.1, -0.05) is 12.1 Å². The molecule has 0 spiro atoms. The Labute approximate surface area is 157 Å². The van der Waals surface area contributed by atoms with Gasteiger partial charge in [0.15, 0.2) is 0 Å². The van der Waals surface area contributed by atoms with E-state index in [9.17, 15) is 8.42 Å². The molecule has 27 heavy (non-hydrogen) atoms. The summed E-state index contributed by atoms with van der Waals surface area (Å²) in [6, 6.07) is 12.7. The van der Waals surface area contributed by atoms with E-state index in [1.807, 2.05) is 24.4 Å². The molecule has 0 atom stereocenters. The summed E-state index contributed by atoms with van der Waals surface area (Å²) in [6.07, 6.45) is 3.63. The molecule has 2 N–H and O–H groups in total. The van der Waals surface area contributed by atoms with Crippen LogP contribution in [0.2, 0.25) is 0 Å². The van der Waals surface area contributed by atoms with Crippen molar-refractivity contribution in [2.45, 2.75) is 18.4 Å². The molecular formula is C20H19N3O3S. The van der Waals surface area contributed by atoms with Gasteiger partial charge in [0.2, 0.25) is 10.0 Å². The van der Waals surface area contributed by atoms with Crippen LogP contribution >= 0.6 is 0 Å². The molecule has 0 unspecified atom stereocenters. The normalized spacial score (nSPS) is 12.0. The second kappa shape index (κ2) is 6.37. The van der Waals surface area contributed by atoms with Gasteiger partial charge in [-0.2, -0.15) is 0 Å². The van der Waals surface area contributed by atoms with Gasteiger partial charge >= 0.3 is 0 Å². The number of benzene rings is 2. The van der Waals surface area contributed by atoms with Gasteiger partial charge in [0, 0.05) is 23.5 Å². The fourth-order valence-electron chi connectivity index (χ4n) is 3.51. The van der Waals surface area contributed by atoms with E-state index < -0.39 is 10.0 Å². The fraction of sp³-hybridized carbons (Fsp3) is 0.150. The van der Waals surface area contributed by atoms with E-state index in [-0.39, 0.29) is 4.90 Å². The van der Waals surface area contributed by atoms with Gasteiger partial charge in [0.05, 0.1) is 29.2 Å². The van der Waals surface area contributed by atoms with Crippen molar-refractivity contribution in [3.63, 3.8) is 0 Å². The van der Waals surface area contributed by atoms with Gasteiger partial charge in [-0.25, -0.2) is 13.6 Å². The number of fused-ring (bicyclic) bond motifs is 3. The number of pyridine rings is 1. The lowest BCUT2D eigenvalue weighted by Crippen LogP contribution is -2.12. The summed E-state index contributed by atoms with van der Waals surface area (Å²) in [6.45, 7) is 2.64. The smallest absolute Gasteiger partial charge is 0.238 e. The standard InChI is InChI=1S/C20H19N3O3S/c1-13-9-15(26-2)10-18-17-7-8-22-11-19(17)23(20(13)18)12-14-3-5-16(6-4-14)27(21,24)25/h3-11H,12H2,1-2H3,(H2,21,24,25). The largest absolute Gasteiger partial charge is 0.497 e. The average Bonchev–Trinajstić information content (AvgIpc) is 2.96. The van der Waals surface area contributed by atoms with Crippen LogP contribution in [0, 0.1) is 6.92 Å². The van der Waals surface area contributed by atoms with Gasteiger partial charge in [-0.05, 0) is 48.4 Å². The van der Waals surface area contributed by atoms with Gasteiger partial charge in [-0.3, -0.25) is 4.98 Å². The Hall–Kier alpha value is -2.90. The second-order valence-corrected chi connectivity index (χ2v) is 8.07. The number of ether oxygens (including phenoxy) is 1. The molecular weight excluding hydrogens is 362 g/mol. The van der Waals surface area contributed by atoms with Crippen molar-refractivity contribution >= 4 is 31.8 Å². The lowest BCUT2D eigenvalue weighted by molar-refractivity contribution is 0.415. The number of sulfonamides is 1. The minimum absolute atomic E-state index is 0.107. The molecule has 4 rings (SSSR count). The molecule has 0 saturated heterocycles. The van der Waals surface area contributed by atoms with Crippen LogP contribution in [0.1, 0.15) is 11.1 Å². The van der Waals surface area contributed by atoms with Crippen molar-refractivity contribution < 1.29 is 13.2 Å². The molecule has 2 heterocycles. The van der Waals surface area contributed by atoms with E-state index in [4.69, 9.17) is 9.88 Å². The lowest BCUT2D eigenvalue weighted by Gasteiger charge is -2.11. The summed E-state index contributed by atoms with van der Waals surface area (Å²) in [5.74, 6) is 0.813. The van der Waals surface area contributed by atoms with E-state index >= 15 is 0 Å². The number of hydrogen-bond donors (Lipinski definition) is 1. The quantitative estimate of drug-likeness (QED) is 0.588. The molecule has 0 fully saturated rings. The SMILES string of the molecule is COc1cc(C)c2c(c1)c1ccncc1n2Cc1ccc(S(N)(=O)=O)cc1. The number of methoxy groups -OCH3 is 1. The summed E-state index contributed by atoms with van der Waals surface area (Å²) in [7, 11) is -2.03. The third kappa shape index (κ3) is 3.05. The Morgan fingerprint density at radius 2 is 1.85 bits per heavy atom. The number of primary sulfonamides is 1. The molecule has 4 aromatic rings. The summed E-state index contributed by atoms with van der Waals surface area (Å²) in [5, 5.41) is 7.39. The molecule has 0 aliphatic carbocycles. The lowest BCUT2D eigenvalue weighted by atomic mass is 10.1. The second-order valence-electron chi connectivity index (χ2n) is 6.51. The van der Waals surface area contributed by atoms with Crippen LogP contribution in [-0.2, 0) is 16.6 Å². The summed E-state index contributed by atoms with van der Waals surface area (Å²) in [4.78, 5) is 4.39. The van der Waals surface area contributed by atoms with Gasteiger partial charge < -0.3 is 9.30 Å². The minimum atomic E-state index is -3.70. The first-order valence-electron chi connectivity index (χ1n) is 8.41. The topological polar surface area (TPSA) is 87.2 Å². The monoisotopic (exact) mass is 381 g/mol. The number of aromatic nitrogens is 2. The molecule has 0 amide bonds. The Bertz CT molecular complexity index is 1260. The Morgan fingerprint density at radius 3 is 2.52 bits per heavy atom. The molecule has 0 aliphatic rings. The van der Waals surface area contributed by atoms with E-state index in [1.54, 1.807) is 25.4 Å². The number of aryl methyl sites for hydroxylation is 1. The maximum atomic E-state index is 11.5. The zero-order valence-electron chi connectivity index (χ0n) is 15.0. The number of nitrogens with zero attached hydrogens (tertiary/aromatic N) is 2. The summed E-state index contributed by atoms with van der Waals surface area (Å²) in [5.41, 5.74) is 4.19. The molecule has 0 aliphatic heterocycles. The van der Waals surface area contributed by atoms with Crippen molar-refractivity contribution in [3.05, 3.63) is 66.0 Å². The highest BCUT2D eigenvalue weighted by Crippen LogP contribution is 2.34. The number of rotatable bonds is 4. The Morgan fingerprint density at radius 1 is 1.11 bits per heavy atom. The van der Waals surface area contributed by atoms with Crippen LogP contribution in [0.15, 0.2) is 59.8 Å². The highest BCUT2D eigenvalue weighted by molar-refractivity contribution is 7.89. The van der Waals surface area contributed by atoms with E-state index in [1.165, 1.54) is 12.1 Å². The molecule has 6 nitrogen and oxygen atoms in total. The molecule has 0 radical (unpaired) electrons. The third-order valence-electron chi connectivity index (χ3n) is 4.75. The summed E-state index contributed by atoms with van der Waals surface area (Å²) < 4.78 is 30.6. The van der Waals surface area contributed by atoms with Crippen molar-refractivity contribution in [1.29, 1.82) is 0 Å². The number of nitrogens with two attached hydrogens (primary N) is 1. The third-order valence-corrected chi connectivity index (χ3v) is 5.68. The first kappa shape index (κ1) is 17.5. The summed E-state index contributed by atoms with van der Waals surface area (Å²) >= 11 is 0. The fourth-order valence-corrected chi connectivity index (χ4v) is 4.02. The molecule has 7 heteroatoms. The Kier molecular flexibility index (Phi) is 4.13. The van der Waals surface area contributed by atoms with Crippen molar-refractivity contribution in [1.82, 2.24) is 9.55 Å². The van der Waals surface area contributed by atoms with Crippen LogP contribution in [0.3, 0.4) is 0 Å². The maximum Gasteiger partial charge on any atom is 0.238 e. The van der Waals surface area contributed by atoms with Crippen LogP contribution < -0.4 is 9.88 Å². The molecule has 2 aromatic heterocycles. The van der Waals surface area contributed by atoms with Gasteiger partial charge in [0.1, 0.15) is 5.75 Å². The zero-order valence-corrected chi connectivity index (χ0v) is 15.8. The molecule has 0 saturated carbocycles. The van der Waals surface area contributed by atoms with Crippen molar-refractivity contribution in [2.24, 2.45) is 5.14 Å². The highest BCUT2D eigenvalue weighted by Gasteiger charge is 2.15. The van der Waals surface area contributed by atoms with Crippen LogP contribution in [-0.4, -0.2) is 25.1 Å². The predicted molar refractivity (Wildman–Crippen MR) is 105 cm³/mol. The van der Waals surface area contributed by atoms with Crippen molar-refractivity contribution in [3.8, 4) is 5.75 Å². The molecule has 2 aromatic carbocycles.